The quantitative estimate of drug-likeness (QED) is 0.401. The fourth-order valence-corrected chi connectivity index (χ4v) is 5.27. The maximum absolute atomic E-state index is 13.0. The van der Waals surface area contributed by atoms with Crippen molar-refractivity contribution in [2.45, 2.75) is 62.2 Å². The molecule has 2 saturated heterocycles. The average molecular weight is 449 g/mol. The second kappa shape index (κ2) is 12.8. The zero-order valence-corrected chi connectivity index (χ0v) is 20.3. The number of piperidine rings is 1. The summed E-state index contributed by atoms with van der Waals surface area (Å²) in [4.78, 5) is 19.3. The summed E-state index contributed by atoms with van der Waals surface area (Å²) in [5.41, 5.74) is 1.30. The van der Waals surface area contributed by atoms with Gasteiger partial charge in [-0.15, -0.1) is 11.8 Å². The first-order valence-corrected chi connectivity index (χ1v) is 13.0. The molecule has 6 nitrogen and oxygen atoms in total. The van der Waals surface area contributed by atoms with E-state index in [1.807, 2.05) is 0 Å². The zero-order chi connectivity index (χ0) is 22.1. The van der Waals surface area contributed by atoms with E-state index < -0.39 is 0 Å². The average Bonchev–Trinajstić information content (AvgIpc) is 3.23. The summed E-state index contributed by atoms with van der Waals surface area (Å²) in [6, 6.07) is 9.55. The van der Waals surface area contributed by atoms with E-state index in [2.05, 4.69) is 57.9 Å². The topological polar surface area (TPSA) is 56.8 Å². The molecule has 174 valence electrons. The fourth-order valence-electron chi connectivity index (χ4n) is 4.86. The number of benzene rings is 1. The van der Waals surface area contributed by atoms with Gasteiger partial charge in [0, 0.05) is 43.7 Å². The number of hydrogen-bond acceptors (Lipinski definition) is 6. The van der Waals surface area contributed by atoms with Crippen LogP contribution in [0.3, 0.4) is 0 Å². The molecule has 0 radical (unpaired) electrons. The number of carbonyl (C=O) groups is 1. The van der Waals surface area contributed by atoms with E-state index in [-0.39, 0.29) is 11.9 Å². The van der Waals surface area contributed by atoms with Gasteiger partial charge < -0.3 is 20.3 Å². The van der Waals surface area contributed by atoms with E-state index in [9.17, 15) is 4.79 Å². The summed E-state index contributed by atoms with van der Waals surface area (Å²) in [5.74, 6) is 0.154. The normalized spacial score (nSPS) is 23.3. The van der Waals surface area contributed by atoms with Gasteiger partial charge in [-0.2, -0.15) is 0 Å². The lowest BCUT2D eigenvalue weighted by molar-refractivity contribution is -0.126. The summed E-state index contributed by atoms with van der Waals surface area (Å²) < 4.78 is 5.11. The number of amides is 1. The van der Waals surface area contributed by atoms with Gasteiger partial charge in [0.05, 0.1) is 12.6 Å². The monoisotopic (exact) mass is 448 g/mol. The number of thioether (sulfide) groups is 1. The van der Waals surface area contributed by atoms with Gasteiger partial charge in [0.1, 0.15) is 0 Å². The molecular weight excluding hydrogens is 408 g/mol. The van der Waals surface area contributed by atoms with Crippen LogP contribution in [0.5, 0.6) is 0 Å². The molecule has 3 rings (SSSR count). The maximum Gasteiger partial charge on any atom is 0.237 e. The molecule has 31 heavy (non-hydrogen) atoms. The fraction of sp³-hybridized carbons (Fsp3) is 0.708. The van der Waals surface area contributed by atoms with Crippen molar-refractivity contribution >= 4 is 17.7 Å². The second-order valence-corrected chi connectivity index (χ2v) is 9.61. The lowest BCUT2D eigenvalue weighted by atomic mass is 10.0. The Balaban J connectivity index is 1.58. The minimum absolute atomic E-state index is 0.0454. The number of ether oxygens (including phenoxy) is 1. The van der Waals surface area contributed by atoms with Crippen LogP contribution in [-0.4, -0.2) is 86.5 Å². The minimum Gasteiger partial charge on any atom is -0.383 e. The van der Waals surface area contributed by atoms with Crippen molar-refractivity contribution in [2.75, 3.05) is 52.7 Å². The van der Waals surface area contributed by atoms with Crippen LogP contribution >= 0.6 is 11.8 Å². The van der Waals surface area contributed by atoms with Gasteiger partial charge in [0.2, 0.25) is 5.91 Å². The van der Waals surface area contributed by atoms with Gasteiger partial charge in [-0.25, -0.2) is 0 Å². The Morgan fingerprint density at radius 3 is 2.61 bits per heavy atom. The smallest absolute Gasteiger partial charge is 0.237 e. The molecule has 0 unspecified atom stereocenters. The number of methoxy groups -OCH3 is 1. The highest BCUT2D eigenvalue weighted by atomic mass is 32.2. The molecule has 2 aliphatic rings. The van der Waals surface area contributed by atoms with Gasteiger partial charge in [0.25, 0.3) is 0 Å². The van der Waals surface area contributed by atoms with Crippen molar-refractivity contribution in [3.8, 4) is 0 Å². The van der Waals surface area contributed by atoms with Gasteiger partial charge in [-0.1, -0.05) is 19.1 Å². The van der Waals surface area contributed by atoms with Crippen molar-refractivity contribution in [1.29, 1.82) is 0 Å². The summed E-state index contributed by atoms with van der Waals surface area (Å²) in [5, 5.41) is 6.81. The molecule has 2 heterocycles. The van der Waals surface area contributed by atoms with Crippen molar-refractivity contribution in [2.24, 2.45) is 0 Å². The molecule has 2 atom stereocenters. The second-order valence-electron chi connectivity index (χ2n) is 8.73. The standard InChI is InChI=1S/C24H40N4O2S/c1-4-12-27-13-9-21(10-14-27)28-18-20(16-23(28)24(29)25-11-15-30-2)26-17-19-5-7-22(31-3)8-6-19/h5-8,20-21,23,26H,4,9-18H2,1-3H3,(H,25,29)/t20-,23+/m1/s1. The number of hydrogen-bond donors (Lipinski definition) is 2. The molecule has 0 spiro atoms. The van der Waals surface area contributed by atoms with Gasteiger partial charge in [0.15, 0.2) is 0 Å². The Kier molecular flexibility index (Phi) is 10.1. The summed E-state index contributed by atoms with van der Waals surface area (Å²) in [6.07, 6.45) is 6.50. The summed E-state index contributed by atoms with van der Waals surface area (Å²) >= 11 is 1.77. The third-order valence-electron chi connectivity index (χ3n) is 6.57. The van der Waals surface area contributed by atoms with Gasteiger partial charge in [-0.05, 0) is 69.3 Å². The largest absolute Gasteiger partial charge is 0.383 e. The molecule has 0 aliphatic carbocycles. The van der Waals surface area contributed by atoms with Gasteiger partial charge in [-0.3, -0.25) is 9.69 Å². The molecule has 7 heteroatoms. The van der Waals surface area contributed by atoms with Crippen molar-refractivity contribution in [3.05, 3.63) is 29.8 Å². The van der Waals surface area contributed by atoms with Crippen molar-refractivity contribution in [3.63, 3.8) is 0 Å². The third kappa shape index (κ3) is 7.19. The highest BCUT2D eigenvalue weighted by molar-refractivity contribution is 7.98. The van der Waals surface area contributed by atoms with Crippen LogP contribution in [0.1, 0.15) is 38.2 Å². The molecule has 0 saturated carbocycles. The Morgan fingerprint density at radius 2 is 1.97 bits per heavy atom. The number of carbonyl (C=O) groups excluding carboxylic acids is 1. The van der Waals surface area contributed by atoms with Crippen molar-refractivity contribution in [1.82, 2.24) is 20.4 Å². The Hall–Kier alpha value is -1.12. The zero-order valence-electron chi connectivity index (χ0n) is 19.4. The predicted octanol–water partition coefficient (Wildman–Crippen LogP) is 2.58. The lowest BCUT2D eigenvalue weighted by Gasteiger charge is -2.39. The van der Waals surface area contributed by atoms with E-state index in [1.165, 1.54) is 23.4 Å². The Morgan fingerprint density at radius 1 is 1.23 bits per heavy atom. The van der Waals surface area contributed by atoms with Crippen LogP contribution in [0, 0.1) is 0 Å². The molecule has 0 bridgehead atoms. The van der Waals surface area contributed by atoms with Crippen LogP contribution in [0.2, 0.25) is 0 Å². The lowest BCUT2D eigenvalue weighted by Crippen LogP contribution is -2.51. The first-order chi connectivity index (χ1) is 15.1. The van der Waals surface area contributed by atoms with Gasteiger partial charge >= 0.3 is 0 Å². The highest BCUT2D eigenvalue weighted by Gasteiger charge is 2.40. The number of nitrogens with one attached hydrogen (secondary N) is 2. The minimum atomic E-state index is -0.0454. The van der Waals surface area contributed by atoms with Crippen molar-refractivity contribution < 1.29 is 9.53 Å². The summed E-state index contributed by atoms with van der Waals surface area (Å²) in [7, 11) is 1.67. The molecule has 0 aromatic heterocycles. The van der Waals surface area contributed by atoms with E-state index in [0.29, 0.717) is 25.2 Å². The molecule has 1 aromatic rings. The Labute approximate surface area is 192 Å². The van der Waals surface area contributed by atoms with E-state index in [4.69, 9.17) is 4.74 Å². The molecule has 2 fully saturated rings. The van der Waals surface area contributed by atoms with Crippen LogP contribution in [0.4, 0.5) is 0 Å². The predicted molar refractivity (Wildman–Crippen MR) is 129 cm³/mol. The molecule has 2 aliphatic heterocycles. The highest BCUT2D eigenvalue weighted by Crippen LogP contribution is 2.27. The third-order valence-corrected chi connectivity index (χ3v) is 7.31. The molecule has 1 amide bonds. The first-order valence-electron chi connectivity index (χ1n) is 11.8. The molecule has 1 aromatic carbocycles. The van der Waals surface area contributed by atoms with E-state index >= 15 is 0 Å². The van der Waals surface area contributed by atoms with Crippen LogP contribution < -0.4 is 10.6 Å². The molecular formula is C24H40N4O2S. The molecule has 2 N–H and O–H groups in total. The number of nitrogens with zero attached hydrogens (tertiary/aromatic N) is 2. The van der Waals surface area contributed by atoms with Crippen LogP contribution in [-0.2, 0) is 16.1 Å². The SMILES string of the molecule is CCCN1CCC(N2C[C@H](NCc3ccc(SC)cc3)C[C@H]2C(=O)NCCOC)CC1. The van der Waals surface area contributed by atoms with E-state index in [1.54, 1.807) is 18.9 Å². The maximum atomic E-state index is 13.0. The van der Waals surface area contributed by atoms with Crippen LogP contribution in [0.25, 0.3) is 0 Å². The Bertz CT molecular complexity index is 664. The van der Waals surface area contributed by atoms with E-state index in [0.717, 1.165) is 45.4 Å². The first kappa shape index (κ1) is 24.5. The van der Waals surface area contributed by atoms with Crippen LogP contribution in [0.15, 0.2) is 29.2 Å². The number of likely N-dealkylation sites (tertiary alicyclic amines) is 2. The number of rotatable bonds is 11. The summed E-state index contributed by atoms with van der Waals surface area (Å²) in [6.45, 7) is 8.66.